The number of amides is 1. The molecule has 154 valence electrons. The molecule has 3 aromatic rings. The zero-order chi connectivity index (χ0) is 20.8. The number of benzene rings is 1. The molecule has 29 heavy (non-hydrogen) atoms. The quantitative estimate of drug-likeness (QED) is 0.557. The predicted molar refractivity (Wildman–Crippen MR) is 111 cm³/mol. The summed E-state index contributed by atoms with van der Waals surface area (Å²) in [5, 5.41) is 19.6. The highest BCUT2D eigenvalue weighted by molar-refractivity contribution is 6.34. The van der Waals surface area contributed by atoms with Gasteiger partial charge in [0.25, 0.3) is 0 Å². The van der Waals surface area contributed by atoms with E-state index in [1.807, 2.05) is 16.8 Å². The predicted octanol–water partition coefficient (Wildman–Crippen LogP) is 2.71. The zero-order valence-corrected chi connectivity index (χ0v) is 17.9. The van der Waals surface area contributed by atoms with Crippen molar-refractivity contribution < 1.29 is 4.79 Å². The molecule has 0 aliphatic carbocycles. The summed E-state index contributed by atoms with van der Waals surface area (Å²) in [5.74, 6) is -0.146. The number of aromatic nitrogens is 6. The van der Waals surface area contributed by atoms with E-state index in [1.165, 1.54) is 16.6 Å². The summed E-state index contributed by atoms with van der Waals surface area (Å²) in [6.07, 6.45) is 3.80. The molecule has 0 aliphatic heterocycles. The first kappa shape index (κ1) is 21.3. The molecule has 2 heterocycles. The van der Waals surface area contributed by atoms with E-state index in [4.69, 9.17) is 28.3 Å². The van der Waals surface area contributed by atoms with E-state index in [1.54, 1.807) is 6.07 Å². The molecule has 0 saturated carbocycles. The van der Waals surface area contributed by atoms with E-state index in [-0.39, 0.29) is 12.5 Å². The Kier molecular flexibility index (Phi) is 7.22. The molecular formula is C19H23Cl2N7O. The van der Waals surface area contributed by atoms with Gasteiger partial charge >= 0.3 is 0 Å². The van der Waals surface area contributed by atoms with E-state index in [0.29, 0.717) is 23.1 Å². The van der Waals surface area contributed by atoms with Crippen LogP contribution in [0.15, 0.2) is 24.5 Å². The van der Waals surface area contributed by atoms with E-state index >= 15 is 0 Å². The van der Waals surface area contributed by atoms with Gasteiger partial charge in [0.2, 0.25) is 5.91 Å². The Morgan fingerprint density at radius 2 is 1.90 bits per heavy atom. The van der Waals surface area contributed by atoms with Crippen LogP contribution in [0.25, 0.3) is 0 Å². The first-order valence-corrected chi connectivity index (χ1v) is 10.3. The number of halogens is 2. The number of hydrogen-bond donors (Lipinski definition) is 1. The van der Waals surface area contributed by atoms with Gasteiger partial charge in [0.1, 0.15) is 12.9 Å². The van der Waals surface area contributed by atoms with Gasteiger partial charge in [-0.25, -0.2) is 4.68 Å². The molecular weight excluding hydrogens is 413 g/mol. The first-order chi connectivity index (χ1) is 14.0. The summed E-state index contributed by atoms with van der Waals surface area (Å²) in [6, 6.07) is 5.60. The molecule has 0 atom stereocenters. The fourth-order valence-corrected chi connectivity index (χ4v) is 3.90. The molecule has 2 aromatic heterocycles. The van der Waals surface area contributed by atoms with Crippen molar-refractivity contribution in [2.75, 3.05) is 6.54 Å². The lowest BCUT2D eigenvalue weighted by Crippen LogP contribution is -2.31. The summed E-state index contributed by atoms with van der Waals surface area (Å²) in [6.45, 7) is 5.36. The molecule has 0 spiro atoms. The van der Waals surface area contributed by atoms with Crippen LogP contribution in [0, 0.1) is 0 Å². The van der Waals surface area contributed by atoms with Crippen molar-refractivity contribution in [3.63, 3.8) is 0 Å². The second-order valence-corrected chi connectivity index (χ2v) is 7.49. The molecule has 0 radical (unpaired) electrons. The minimum atomic E-state index is -0.146. The average Bonchev–Trinajstić information content (AvgIpc) is 3.28. The smallest absolute Gasteiger partial charge is 0.241 e. The van der Waals surface area contributed by atoms with Gasteiger partial charge < -0.3 is 5.32 Å². The summed E-state index contributed by atoms with van der Waals surface area (Å²) >= 11 is 12.3. The summed E-state index contributed by atoms with van der Waals surface area (Å²) in [7, 11) is 0. The maximum absolute atomic E-state index is 12.0. The minimum Gasteiger partial charge on any atom is -0.353 e. The van der Waals surface area contributed by atoms with Crippen LogP contribution in [-0.2, 0) is 37.1 Å². The molecule has 10 heteroatoms. The minimum absolute atomic E-state index is 0.0910. The van der Waals surface area contributed by atoms with Crippen molar-refractivity contribution in [3.05, 3.63) is 57.1 Å². The van der Waals surface area contributed by atoms with Gasteiger partial charge in [0, 0.05) is 34.3 Å². The Labute approximate surface area is 179 Å². The van der Waals surface area contributed by atoms with Crippen molar-refractivity contribution in [2.24, 2.45) is 0 Å². The van der Waals surface area contributed by atoms with Crippen LogP contribution in [0.1, 0.15) is 36.4 Å². The normalized spacial score (nSPS) is 11.0. The van der Waals surface area contributed by atoms with Crippen molar-refractivity contribution in [1.29, 1.82) is 0 Å². The van der Waals surface area contributed by atoms with E-state index < -0.39 is 0 Å². The van der Waals surface area contributed by atoms with Crippen molar-refractivity contribution in [3.8, 4) is 0 Å². The highest BCUT2D eigenvalue weighted by Crippen LogP contribution is 2.25. The van der Waals surface area contributed by atoms with Gasteiger partial charge in [-0.2, -0.15) is 5.10 Å². The van der Waals surface area contributed by atoms with Crippen molar-refractivity contribution in [2.45, 2.75) is 46.2 Å². The van der Waals surface area contributed by atoms with E-state index in [2.05, 4.69) is 34.7 Å². The van der Waals surface area contributed by atoms with Crippen LogP contribution in [0.2, 0.25) is 10.0 Å². The number of carbonyl (C=O) groups is 1. The molecule has 0 saturated heterocycles. The van der Waals surface area contributed by atoms with Crippen LogP contribution in [0.5, 0.6) is 0 Å². The second kappa shape index (κ2) is 9.84. The standard InChI is InChI=1S/C19H23Cl2N7O/c1-3-17-16(9-13-7-14(20)10-15(21)8-13)18(4-2)28(24-17)6-5-22-19(29)11-27-12-23-25-26-27/h7-8,10,12H,3-6,9,11H2,1-2H3,(H,22,29). The monoisotopic (exact) mass is 435 g/mol. The van der Waals surface area contributed by atoms with Gasteiger partial charge in [0.05, 0.1) is 12.2 Å². The first-order valence-electron chi connectivity index (χ1n) is 9.50. The van der Waals surface area contributed by atoms with Gasteiger partial charge in [-0.15, -0.1) is 5.10 Å². The number of rotatable bonds is 9. The molecule has 0 aliphatic rings. The molecule has 1 N–H and O–H groups in total. The SMILES string of the molecule is CCc1nn(CCNC(=O)Cn2cnnn2)c(CC)c1Cc1cc(Cl)cc(Cl)c1. The van der Waals surface area contributed by atoms with Crippen LogP contribution in [0.4, 0.5) is 0 Å². The fourth-order valence-electron chi connectivity index (χ4n) is 3.33. The molecule has 1 aromatic carbocycles. The summed E-state index contributed by atoms with van der Waals surface area (Å²) in [5.41, 5.74) is 4.47. The zero-order valence-electron chi connectivity index (χ0n) is 16.4. The fraction of sp³-hybridized carbons (Fsp3) is 0.421. The number of carbonyl (C=O) groups excluding carboxylic acids is 1. The van der Waals surface area contributed by atoms with Crippen LogP contribution < -0.4 is 5.32 Å². The Hall–Kier alpha value is -2.45. The summed E-state index contributed by atoms with van der Waals surface area (Å²) < 4.78 is 3.36. The number of tetrazole rings is 1. The lowest BCUT2D eigenvalue weighted by molar-refractivity contribution is -0.121. The van der Waals surface area contributed by atoms with Crippen LogP contribution >= 0.6 is 23.2 Å². The van der Waals surface area contributed by atoms with Crippen LogP contribution in [0.3, 0.4) is 0 Å². The number of hydrogen-bond acceptors (Lipinski definition) is 5. The number of aryl methyl sites for hydroxylation is 1. The number of nitrogens with one attached hydrogen (secondary N) is 1. The van der Waals surface area contributed by atoms with E-state index in [0.717, 1.165) is 36.2 Å². The molecule has 0 bridgehead atoms. The average molecular weight is 436 g/mol. The highest BCUT2D eigenvalue weighted by Gasteiger charge is 2.16. The van der Waals surface area contributed by atoms with Crippen molar-refractivity contribution in [1.82, 2.24) is 35.3 Å². The Morgan fingerprint density at radius 3 is 2.52 bits per heavy atom. The largest absolute Gasteiger partial charge is 0.353 e. The Balaban J connectivity index is 1.70. The lowest BCUT2D eigenvalue weighted by atomic mass is 10.0. The van der Waals surface area contributed by atoms with Crippen LogP contribution in [-0.4, -0.2) is 42.4 Å². The lowest BCUT2D eigenvalue weighted by Gasteiger charge is -2.10. The Morgan fingerprint density at radius 1 is 1.14 bits per heavy atom. The molecule has 1 amide bonds. The maximum atomic E-state index is 12.0. The number of nitrogens with zero attached hydrogens (tertiary/aromatic N) is 6. The van der Waals surface area contributed by atoms with Gasteiger partial charge in [-0.3, -0.25) is 9.48 Å². The van der Waals surface area contributed by atoms with Gasteiger partial charge in [0.15, 0.2) is 0 Å². The maximum Gasteiger partial charge on any atom is 0.241 e. The Bertz CT molecular complexity index is 949. The highest BCUT2D eigenvalue weighted by atomic mass is 35.5. The molecule has 0 unspecified atom stereocenters. The van der Waals surface area contributed by atoms with Gasteiger partial charge in [-0.05, 0) is 47.0 Å². The summed E-state index contributed by atoms with van der Waals surface area (Å²) in [4.78, 5) is 12.0. The third kappa shape index (κ3) is 5.55. The van der Waals surface area contributed by atoms with E-state index in [9.17, 15) is 4.79 Å². The second-order valence-electron chi connectivity index (χ2n) is 6.61. The molecule has 3 rings (SSSR count). The van der Waals surface area contributed by atoms with Gasteiger partial charge in [-0.1, -0.05) is 37.0 Å². The molecule has 8 nitrogen and oxygen atoms in total. The third-order valence-corrected chi connectivity index (χ3v) is 5.00. The molecule has 0 fully saturated rings. The third-order valence-electron chi connectivity index (χ3n) is 4.57. The van der Waals surface area contributed by atoms with Crippen molar-refractivity contribution >= 4 is 29.1 Å². The topological polar surface area (TPSA) is 90.5 Å².